The summed E-state index contributed by atoms with van der Waals surface area (Å²) in [6.45, 7) is 1.24. The Bertz CT molecular complexity index is 296. The minimum atomic E-state index is -4.51. The van der Waals surface area contributed by atoms with Crippen molar-refractivity contribution in [3.63, 3.8) is 0 Å². The molecule has 0 aromatic rings. The zero-order valence-corrected chi connectivity index (χ0v) is 7.51. The number of ether oxygens (including phenoxy) is 1. The lowest BCUT2D eigenvalue weighted by Gasteiger charge is -2.26. The molecule has 1 aliphatic heterocycles. The highest BCUT2D eigenvalue weighted by molar-refractivity contribution is 5.94. The predicted octanol–water partition coefficient (Wildman–Crippen LogP) is 0.476. The maximum Gasteiger partial charge on any atom is 0.433 e. The molecule has 0 amide bonds. The minimum Gasteiger partial charge on any atom is -0.480 e. The van der Waals surface area contributed by atoms with Gasteiger partial charge in [-0.1, -0.05) is 0 Å². The maximum absolute atomic E-state index is 12.4. The van der Waals surface area contributed by atoms with Crippen molar-refractivity contribution in [3.8, 4) is 0 Å². The Kier molecular flexibility index (Phi) is 2.56. The summed E-state index contributed by atoms with van der Waals surface area (Å²) in [5.41, 5.74) is 0.751. The second-order valence-corrected chi connectivity index (χ2v) is 2.56. The van der Waals surface area contributed by atoms with Crippen molar-refractivity contribution in [1.82, 2.24) is 10.7 Å². The Hall–Kier alpha value is -1.44. The number of nitrogens with two attached hydrogens (primary N) is 1. The second-order valence-electron chi connectivity index (χ2n) is 2.56. The third-order valence-corrected chi connectivity index (χ3v) is 1.60. The third kappa shape index (κ3) is 1.90. The topological polar surface area (TPSA) is 62.9 Å². The first-order valence-electron chi connectivity index (χ1n) is 3.58. The first-order chi connectivity index (χ1) is 6.36. The summed E-state index contributed by atoms with van der Waals surface area (Å²) in [5, 5.41) is 3.94. The Balaban J connectivity index is 3.10. The summed E-state index contributed by atoms with van der Waals surface area (Å²) < 4.78 is 41.7. The fraction of sp³-hybridized carbons (Fsp3) is 0.500. The van der Waals surface area contributed by atoms with Crippen LogP contribution in [0.1, 0.15) is 6.92 Å². The number of rotatable bonds is 0. The Morgan fingerprint density at radius 3 is 2.50 bits per heavy atom. The van der Waals surface area contributed by atoms with Crippen LogP contribution < -0.4 is 11.3 Å². The molecule has 0 saturated carbocycles. The molecular formula is C6H9F3N4O. The molecule has 0 atom stereocenters. The maximum atomic E-state index is 12.4. The van der Waals surface area contributed by atoms with E-state index in [1.165, 1.54) is 14.0 Å². The van der Waals surface area contributed by atoms with Gasteiger partial charge in [-0.3, -0.25) is 5.43 Å². The summed E-state index contributed by atoms with van der Waals surface area (Å²) in [6, 6.07) is 0. The number of alkyl halides is 3. The Morgan fingerprint density at radius 1 is 1.50 bits per heavy atom. The summed E-state index contributed by atoms with van der Waals surface area (Å²) in [4.78, 5) is 0. The van der Waals surface area contributed by atoms with Gasteiger partial charge < -0.3 is 4.74 Å². The molecule has 1 aliphatic rings. The monoisotopic (exact) mass is 210 g/mol. The minimum absolute atomic E-state index is 0.137. The molecule has 0 aromatic heterocycles. The molecule has 3 N–H and O–H groups in total. The van der Waals surface area contributed by atoms with Crippen LogP contribution in [0, 0.1) is 0 Å². The lowest BCUT2D eigenvalue weighted by Crippen LogP contribution is -2.47. The van der Waals surface area contributed by atoms with Gasteiger partial charge in [-0.15, -0.1) is 10.3 Å². The van der Waals surface area contributed by atoms with E-state index in [4.69, 9.17) is 5.84 Å². The van der Waals surface area contributed by atoms with Gasteiger partial charge in [-0.25, -0.2) is 5.84 Å². The number of hydrazone groups is 1. The number of hydrogen-bond donors (Lipinski definition) is 2. The quantitative estimate of drug-likeness (QED) is 0.571. The summed E-state index contributed by atoms with van der Waals surface area (Å²) in [6.07, 6.45) is -4.51. The molecule has 1 rings (SSSR count). The van der Waals surface area contributed by atoms with Crippen LogP contribution in [0.25, 0.3) is 0 Å². The van der Waals surface area contributed by atoms with Gasteiger partial charge in [-0.05, 0) is 6.92 Å². The summed E-state index contributed by atoms with van der Waals surface area (Å²) >= 11 is 0. The van der Waals surface area contributed by atoms with Crippen LogP contribution in [-0.2, 0) is 4.74 Å². The number of methoxy groups -OCH3 is 1. The van der Waals surface area contributed by atoms with Gasteiger partial charge in [0.1, 0.15) is 5.70 Å². The molecule has 0 fully saturated rings. The van der Waals surface area contributed by atoms with E-state index in [1.54, 1.807) is 0 Å². The molecule has 0 aromatic carbocycles. The SMILES string of the molecule is COC1=NN(N)NC(C(F)(F)F)=C1C. The average molecular weight is 210 g/mol. The van der Waals surface area contributed by atoms with Crippen molar-refractivity contribution in [2.75, 3.05) is 7.11 Å². The van der Waals surface area contributed by atoms with Crippen LogP contribution in [0.5, 0.6) is 0 Å². The van der Waals surface area contributed by atoms with Crippen LogP contribution in [0.2, 0.25) is 0 Å². The molecule has 0 bridgehead atoms. The van der Waals surface area contributed by atoms with Crippen LogP contribution in [0.15, 0.2) is 16.4 Å². The smallest absolute Gasteiger partial charge is 0.433 e. The van der Waals surface area contributed by atoms with Crippen molar-refractivity contribution < 1.29 is 17.9 Å². The largest absolute Gasteiger partial charge is 0.480 e. The fourth-order valence-electron chi connectivity index (χ4n) is 0.973. The van der Waals surface area contributed by atoms with E-state index in [2.05, 4.69) is 9.84 Å². The highest BCUT2D eigenvalue weighted by Gasteiger charge is 2.39. The van der Waals surface area contributed by atoms with Gasteiger partial charge >= 0.3 is 6.18 Å². The van der Waals surface area contributed by atoms with E-state index in [0.29, 0.717) is 5.23 Å². The number of hydrogen-bond acceptors (Lipinski definition) is 5. The standard InChI is InChI=1S/C6H9F3N4O/c1-3-4(6(7,8)9)11-13(10)12-5(3)14-2/h11H,10H2,1-2H3. The Morgan fingerprint density at radius 2 is 2.07 bits per heavy atom. The van der Waals surface area contributed by atoms with Gasteiger partial charge in [0.15, 0.2) is 0 Å². The number of nitrogens with zero attached hydrogens (tertiary/aromatic N) is 2. The number of nitrogens with one attached hydrogen (secondary N) is 1. The molecular weight excluding hydrogens is 201 g/mol. The molecule has 0 saturated heterocycles. The van der Waals surface area contributed by atoms with E-state index in [9.17, 15) is 13.2 Å². The zero-order valence-electron chi connectivity index (χ0n) is 7.51. The molecule has 5 nitrogen and oxygen atoms in total. The lowest BCUT2D eigenvalue weighted by molar-refractivity contribution is -0.106. The van der Waals surface area contributed by atoms with Crippen LogP contribution in [0.4, 0.5) is 13.2 Å². The zero-order chi connectivity index (χ0) is 10.9. The fourth-order valence-corrected chi connectivity index (χ4v) is 0.973. The lowest BCUT2D eigenvalue weighted by atomic mass is 10.2. The molecule has 14 heavy (non-hydrogen) atoms. The van der Waals surface area contributed by atoms with Crippen molar-refractivity contribution in [2.45, 2.75) is 13.1 Å². The highest BCUT2D eigenvalue weighted by Crippen LogP contribution is 2.28. The summed E-state index contributed by atoms with van der Waals surface area (Å²) in [7, 11) is 1.22. The highest BCUT2D eigenvalue weighted by atomic mass is 19.4. The van der Waals surface area contributed by atoms with Gasteiger partial charge in [-0.2, -0.15) is 13.2 Å². The van der Waals surface area contributed by atoms with E-state index < -0.39 is 11.9 Å². The molecule has 0 unspecified atom stereocenters. The normalized spacial score (nSPS) is 17.9. The molecule has 8 heteroatoms. The van der Waals surface area contributed by atoms with Crippen LogP contribution in [0.3, 0.4) is 0 Å². The first kappa shape index (κ1) is 10.6. The van der Waals surface area contributed by atoms with E-state index in [-0.39, 0.29) is 11.5 Å². The molecule has 0 radical (unpaired) electrons. The average Bonchev–Trinajstić information content (AvgIpc) is 2.06. The molecule has 0 aliphatic carbocycles. The molecule has 1 heterocycles. The van der Waals surface area contributed by atoms with Gasteiger partial charge in [0.2, 0.25) is 5.90 Å². The van der Waals surface area contributed by atoms with Gasteiger partial charge in [0.25, 0.3) is 0 Å². The summed E-state index contributed by atoms with van der Waals surface area (Å²) in [5.74, 6) is 4.90. The number of hydrazine groups is 2. The first-order valence-corrected chi connectivity index (χ1v) is 3.58. The van der Waals surface area contributed by atoms with Crippen LogP contribution >= 0.6 is 0 Å². The predicted molar refractivity (Wildman–Crippen MR) is 42.4 cm³/mol. The number of allylic oxidation sites excluding steroid dienone is 1. The van der Waals surface area contributed by atoms with Crippen molar-refractivity contribution in [2.24, 2.45) is 10.9 Å². The third-order valence-electron chi connectivity index (χ3n) is 1.60. The second kappa shape index (κ2) is 3.37. The van der Waals surface area contributed by atoms with Crippen molar-refractivity contribution in [3.05, 3.63) is 11.3 Å². The van der Waals surface area contributed by atoms with Gasteiger partial charge in [0, 0.05) is 5.57 Å². The van der Waals surface area contributed by atoms with Crippen LogP contribution in [-0.4, -0.2) is 24.4 Å². The molecule has 0 spiro atoms. The number of halogens is 3. The van der Waals surface area contributed by atoms with Crippen molar-refractivity contribution in [1.29, 1.82) is 0 Å². The molecule has 80 valence electrons. The van der Waals surface area contributed by atoms with E-state index in [0.717, 1.165) is 0 Å². The van der Waals surface area contributed by atoms with E-state index >= 15 is 0 Å². The van der Waals surface area contributed by atoms with Crippen molar-refractivity contribution >= 4 is 5.90 Å². The van der Waals surface area contributed by atoms with E-state index in [1.807, 2.05) is 5.43 Å². The van der Waals surface area contributed by atoms with Gasteiger partial charge in [0.05, 0.1) is 7.11 Å². The Labute approximate surface area is 77.9 Å².